The van der Waals surface area contributed by atoms with Gasteiger partial charge in [-0.25, -0.2) is 9.97 Å². The summed E-state index contributed by atoms with van der Waals surface area (Å²) in [4.78, 5) is 8.01. The molecule has 2 aromatic carbocycles. The van der Waals surface area contributed by atoms with E-state index in [0.29, 0.717) is 6.61 Å². The molecule has 0 spiro atoms. The zero-order valence-corrected chi connectivity index (χ0v) is 11.4. The van der Waals surface area contributed by atoms with Crippen molar-refractivity contribution < 1.29 is 4.74 Å². The van der Waals surface area contributed by atoms with E-state index >= 15 is 0 Å². The van der Waals surface area contributed by atoms with Crippen LogP contribution in [-0.2, 0) is 6.61 Å². The Labute approximate surface area is 123 Å². The molecule has 3 aromatic rings. The fourth-order valence-corrected chi connectivity index (χ4v) is 1.99. The lowest BCUT2D eigenvalue weighted by molar-refractivity contribution is 0.306. The standard InChI is InChI=1S/C17H15N3O/c18-17-19-10-15(11-20-17)14-7-4-8-16(9-14)21-12-13-5-2-1-3-6-13/h1-11H,12H2,(H2,18,19,20). The van der Waals surface area contributed by atoms with Crippen LogP contribution in [0.25, 0.3) is 11.1 Å². The van der Waals surface area contributed by atoms with Gasteiger partial charge in [0.25, 0.3) is 0 Å². The van der Waals surface area contributed by atoms with E-state index in [-0.39, 0.29) is 5.95 Å². The molecule has 0 aliphatic rings. The summed E-state index contributed by atoms with van der Waals surface area (Å²) in [6.07, 6.45) is 3.41. The normalized spacial score (nSPS) is 10.3. The first kappa shape index (κ1) is 13.1. The first-order valence-corrected chi connectivity index (χ1v) is 6.66. The first-order chi connectivity index (χ1) is 10.3. The highest BCUT2D eigenvalue weighted by atomic mass is 16.5. The van der Waals surface area contributed by atoms with Crippen molar-refractivity contribution in [2.24, 2.45) is 0 Å². The van der Waals surface area contributed by atoms with Gasteiger partial charge in [0.15, 0.2) is 0 Å². The highest BCUT2D eigenvalue weighted by Gasteiger charge is 2.02. The Bertz CT molecular complexity index is 712. The lowest BCUT2D eigenvalue weighted by Crippen LogP contribution is -1.96. The van der Waals surface area contributed by atoms with Crippen LogP contribution in [0, 0.1) is 0 Å². The molecule has 3 rings (SSSR count). The molecule has 1 aromatic heterocycles. The molecule has 0 saturated heterocycles. The van der Waals surface area contributed by atoms with Gasteiger partial charge in [-0.05, 0) is 23.3 Å². The minimum Gasteiger partial charge on any atom is -0.489 e. The van der Waals surface area contributed by atoms with Crippen molar-refractivity contribution in [2.75, 3.05) is 5.73 Å². The third-order valence-electron chi connectivity index (χ3n) is 3.09. The molecule has 0 amide bonds. The van der Waals surface area contributed by atoms with Crippen LogP contribution in [0.4, 0.5) is 5.95 Å². The van der Waals surface area contributed by atoms with Crippen molar-refractivity contribution >= 4 is 5.95 Å². The molecule has 0 bridgehead atoms. The predicted molar refractivity (Wildman–Crippen MR) is 82.7 cm³/mol. The van der Waals surface area contributed by atoms with Gasteiger partial charge in [-0.3, -0.25) is 0 Å². The van der Waals surface area contributed by atoms with Gasteiger partial charge in [-0.1, -0.05) is 42.5 Å². The van der Waals surface area contributed by atoms with E-state index < -0.39 is 0 Å². The molecule has 4 heteroatoms. The number of rotatable bonds is 4. The van der Waals surface area contributed by atoms with E-state index in [1.165, 1.54) is 0 Å². The van der Waals surface area contributed by atoms with Crippen LogP contribution in [-0.4, -0.2) is 9.97 Å². The molecule has 0 atom stereocenters. The second-order valence-electron chi connectivity index (χ2n) is 4.63. The highest BCUT2D eigenvalue weighted by molar-refractivity contribution is 5.63. The van der Waals surface area contributed by atoms with Crippen LogP contribution >= 0.6 is 0 Å². The number of nitrogen functional groups attached to an aromatic ring is 1. The maximum atomic E-state index is 5.81. The average molecular weight is 277 g/mol. The van der Waals surface area contributed by atoms with Gasteiger partial charge in [-0.15, -0.1) is 0 Å². The third kappa shape index (κ3) is 3.36. The number of ether oxygens (including phenoxy) is 1. The Balaban J connectivity index is 1.75. The highest BCUT2D eigenvalue weighted by Crippen LogP contribution is 2.23. The van der Waals surface area contributed by atoms with Crippen LogP contribution in [0.1, 0.15) is 5.56 Å². The number of hydrogen-bond acceptors (Lipinski definition) is 4. The molecule has 0 aliphatic carbocycles. The van der Waals surface area contributed by atoms with Crippen LogP contribution in [0.3, 0.4) is 0 Å². The van der Waals surface area contributed by atoms with Gasteiger partial charge in [0.05, 0.1) is 0 Å². The van der Waals surface area contributed by atoms with E-state index in [2.05, 4.69) is 9.97 Å². The SMILES string of the molecule is Nc1ncc(-c2cccc(OCc3ccccc3)c2)cn1. The van der Waals surface area contributed by atoms with Gasteiger partial charge < -0.3 is 10.5 Å². The van der Waals surface area contributed by atoms with Crippen molar-refractivity contribution in [3.05, 3.63) is 72.6 Å². The summed E-state index contributed by atoms with van der Waals surface area (Å²) in [5.41, 5.74) is 8.55. The lowest BCUT2D eigenvalue weighted by atomic mass is 10.1. The Kier molecular flexibility index (Phi) is 3.78. The van der Waals surface area contributed by atoms with E-state index in [9.17, 15) is 0 Å². The van der Waals surface area contributed by atoms with Crippen molar-refractivity contribution in [1.29, 1.82) is 0 Å². The number of aromatic nitrogens is 2. The molecule has 104 valence electrons. The molecule has 0 saturated carbocycles. The van der Waals surface area contributed by atoms with Crippen molar-refractivity contribution in [3.63, 3.8) is 0 Å². The zero-order valence-electron chi connectivity index (χ0n) is 11.4. The Morgan fingerprint density at radius 2 is 1.62 bits per heavy atom. The first-order valence-electron chi connectivity index (χ1n) is 6.66. The van der Waals surface area contributed by atoms with Gasteiger partial charge in [-0.2, -0.15) is 0 Å². The maximum absolute atomic E-state index is 5.81. The molecule has 2 N–H and O–H groups in total. The summed E-state index contributed by atoms with van der Waals surface area (Å²) in [6.45, 7) is 0.544. The summed E-state index contributed by atoms with van der Waals surface area (Å²) in [5, 5.41) is 0. The van der Waals surface area contributed by atoms with E-state index in [1.54, 1.807) is 12.4 Å². The minimum absolute atomic E-state index is 0.273. The fourth-order valence-electron chi connectivity index (χ4n) is 1.99. The number of hydrogen-bond donors (Lipinski definition) is 1. The lowest BCUT2D eigenvalue weighted by Gasteiger charge is -2.08. The fraction of sp³-hybridized carbons (Fsp3) is 0.0588. The molecule has 0 radical (unpaired) electrons. The van der Waals surface area contributed by atoms with Crippen molar-refractivity contribution in [1.82, 2.24) is 9.97 Å². The summed E-state index contributed by atoms with van der Waals surface area (Å²) < 4.78 is 5.81. The molecule has 0 aliphatic heterocycles. The number of anilines is 1. The monoisotopic (exact) mass is 277 g/mol. The Morgan fingerprint density at radius 3 is 2.38 bits per heavy atom. The van der Waals surface area contributed by atoms with Gasteiger partial charge in [0, 0.05) is 18.0 Å². The molecule has 4 nitrogen and oxygen atoms in total. The molecule has 1 heterocycles. The Hall–Kier alpha value is -2.88. The number of benzene rings is 2. The third-order valence-corrected chi connectivity index (χ3v) is 3.09. The largest absolute Gasteiger partial charge is 0.489 e. The molecular weight excluding hydrogens is 262 g/mol. The summed E-state index contributed by atoms with van der Waals surface area (Å²) in [6, 6.07) is 17.9. The average Bonchev–Trinajstić information content (AvgIpc) is 2.55. The predicted octanol–water partition coefficient (Wildman–Crippen LogP) is 3.30. The zero-order chi connectivity index (χ0) is 14.5. The van der Waals surface area contributed by atoms with Crippen molar-refractivity contribution in [2.45, 2.75) is 6.61 Å². The second kappa shape index (κ2) is 6.05. The van der Waals surface area contributed by atoms with Crippen LogP contribution in [0.15, 0.2) is 67.0 Å². The minimum atomic E-state index is 0.273. The van der Waals surface area contributed by atoms with Gasteiger partial charge >= 0.3 is 0 Å². The van der Waals surface area contributed by atoms with Crippen LogP contribution in [0.2, 0.25) is 0 Å². The van der Waals surface area contributed by atoms with Crippen LogP contribution in [0.5, 0.6) is 5.75 Å². The molecular formula is C17H15N3O. The van der Waals surface area contributed by atoms with E-state index in [0.717, 1.165) is 22.4 Å². The van der Waals surface area contributed by atoms with E-state index in [4.69, 9.17) is 10.5 Å². The molecule has 21 heavy (non-hydrogen) atoms. The van der Waals surface area contributed by atoms with Gasteiger partial charge in [0.1, 0.15) is 12.4 Å². The topological polar surface area (TPSA) is 61.0 Å². The summed E-state index contributed by atoms with van der Waals surface area (Å²) in [5.74, 6) is 1.09. The van der Waals surface area contributed by atoms with Gasteiger partial charge in [0.2, 0.25) is 5.95 Å². The number of nitrogens with two attached hydrogens (primary N) is 1. The quantitative estimate of drug-likeness (QED) is 0.794. The summed E-state index contributed by atoms with van der Waals surface area (Å²) in [7, 11) is 0. The van der Waals surface area contributed by atoms with Crippen molar-refractivity contribution in [3.8, 4) is 16.9 Å². The number of nitrogens with zero attached hydrogens (tertiary/aromatic N) is 2. The summed E-state index contributed by atoms with van der Waals surface area (Å²) >= 11 is 0. The van der Waals surface area contributed by atoms with E-state index in [1.807, 2.05) is 54.6 Å². The smallest absolute Gasteiger partial charge is 0.219 e. The molecule has 0 unspecified atom stereocenters. The molecule has 0 fully saturated rings. The second-order valence-corrected chi connectivity index (χ2v) is 4.63. The maximum Gasteiger partial charge on any atom is 0.219 e. The van der Waals surface area contributed by atoms with Crippen LogP contribution < -0.4 is 10.5 Å². The Morgan fingerprint density at radius 1 is 0.857 bits per heavy atom.